The predicted molar refractivity (Wildman–Crippen MR) is 70.9 cm³/mol. The molecule has 0 saturated carbocycles. The Morgan fingerprint density at radius 1 is 1.44 bits per heavy atom. The minimum atomic E-state index is -0.911. The summed E-state index contributed by atoms with van der Waals surface area (Å²) in [6.07, 6.45) is 1.09. The van der Waals surface area contributed by atoms with Crippen LogP contribution in [-0.4, -0.2) is 20.6 Å². The first-order valence-corrected chi connectivity index (χ1v) is 6.19. The van der Waals surface area contributed by atoms with Crippen LogP contribution in [0.3, 0.4) is 0 Å². The maximum Gasteiger partial charge on any atom is 0.335 e. The molecule has 0 saturated heterocycles. The Morgan fingerprint density at radius 3 is 2.78 bits per heavy atom. The summed E-state index contributed by atoms with van der Waals surface area (Å²) in [5.41, 5.74) is 2.06. The Morgan fingerprint density at radius 2 is 2.17 bits per heavy atom. The van der Waals surface area contributed by atoms with Crippen molar-refractivity contribution in [2.45, 2.75) is 33.7 Å². The molecule has 1 aromatic carbocycles. The summed E-state index contributed by atoms with van der Waals surface area (Å²) in [5.74, 6) is 0.666. The third-order valence-electron chi connectivity index (χ3n) is 3.12. The number of hydrogen-bond acceptors (Lipinski definition) is 2. The maximum atomic E-state index is 10.9. The molecule has 0 aliphatic rings. The molecule has 1 heterocycles. The molecule has 4 heteroatoms. The molecule has 18 heavy (non-hydrogen) atoms. The van der Waals surface area contributed by atoms with Crippen molar-refractivity contribution in [2.24, 2.45) is 5.92 Å². The molecule has 4 nitrogen and oxygen atoms in total. The molecule has 1 N–H and O–H groups in total. The SMILES string of the molecule is Cc1nc2cc(C(=O)O)ccc2n1CCC(C)C. The van der Waals surface area contributed by atoms with E-state index in [1.54, 1.807) is 12.1 Å². The number of fused-ring (bicyclic) bond motifs is 1. The lowest BCUT2D eigenvalue weighted by Crippen LogP contribution is -2.03. The Balaban J connectivity index is 2.42. The Bertz CT molecular complexity index is 585. The Hall–Kier alpha value is -1.84. The minimum absolute atomic E-state index is 0.288. The fourth-order valence-electron chi connectivity index (χ4n) is 2.05. The quantitative estimate of drug-likeness (QED) is 0.901. The monoisotopic (exact) mass is 246 g/mol. The molecule has 1 aromatic heterocycles. The lowest BCUT2D eigenvalue weighted by molar-refractivity contribution is 0.0697. The van der Waals surface area contributed by atoms with E-state index >= 15 is 0 Å². The summed E-state index contributed by atoms with van der Waals surface area (Å²) in [4.78, 5) is 15.4. The zero-order chi connectivity index (χ0) is 13.3. The Kier molecular flexibility index (Phi) is 3.36. The zero-order valence-electron chi connectivity index (χ0n) is 11.0. The fourth-order valence-corrected chi connectivity index (χ4v) is 2.05. The highest BCUT2D eigenvalue weighted by Gasteiger charge is 2.10. The van der Waals surface area contributed by atoms with Crippen molar-refractivity contribution < 1.29 is 9.90 Å². The van der Waals surface area contributed by atoms with Gasteiger partial charge in [-0.1, -0.05) is 13.8 Å². The average Bonchev–Trinajstić information content (AvgIpc) is 2.60. The maximum absolute atomic E-state index is 10.9. The second-order valence-electron chi connectivity index (χ2n) is 5.00. The van der Waals surface area contributed by atoms with Gasteiger partial charge in [0.2, 0.25) is 0 Å². The zero-order valence-corrected chi connectivity index (χ0v) is 11.0. The van der Waals surface area contributed by atoms with E-state index < -0.39 is 5.97 Å². The van der Waals surface area contributed by atoms with Gasteiger partial charge in [-0.05, 0) is 37.5 Å². The van der Waals surface area contributed by atoms with Gasteiger partial charge in [0.1, 0.15) is 5.82 Å². The van der Waals surface area contributed by atoms with Crippen LogP contribution < -0.4 is 0 Å². The molecule has 0 aliphatic carbocycles. The van der Waals surface area contributed by atoms with Crippen molar-refractivity contribution >= 4 is 17.0 Å². The number of aromatic carboxylic acids is 1. The smallest absolute Gasteiger partial charge is 0.335 e. The molecule has 0 aliphatic heterocycles. The normalized spacial score (nSPS) is 11.3. The number of rotatable bonds is 4. The summed E-state index contributed by atoms with van der Waals surface area (Å²) in [5, 5.41) is 8.96. The van der Waals surface area contributed by atoms with Crippen molar-refractivity contribution in [2.75, 3.05) is 0 Å². The molecule has 96 valence electrons. The number of benzene rings is 1. The van der Waals surface area contributed by atoms with Crippen LogP contribution >= 0.6 is 0 Å². The van der Waals surface area contributed by atoms with Crippen molar-refractivity contribution in [3.63, 3.8) is 0 Å². The molecular formula is C14H18N2O2. The van der Waals surface area contributed by atoms with Gasteiger partial charge in [-0.2, -0.15) is 0 Å². The molecule has 0 fully saturated rings. The van der Waals surface area contributed by atoms with Gasteiger partial charge < -0.3 is 9.67 Å². The van der Waals surface area contributed by atoms with Crippen molar-refractivity contribution in [3.05, 3.63) is 29.6 Å². The van der Waals surface area contributed by atoms with E-state index in [1.807, 2.05) is 13.0 Å². The topological polar surface area (TPSA) is 55.1 Å². The highest BCUT2D eigenvalue weighted by Crippen LogP contribution is 2.19. The summed E-state index contributed by atoms with van der Waals surface area (Å²) < 4.78 is 2.15. The van der Waals surface area contributed by atoms with Gasteiger partial charge in [0.25, 0.3) is 0 Å². The van der Waals surface area contributed by atoms with Gasteiger partial charge in [0, 0.05) is 6.54 Å². The molecule has 0 amide bonds. The van der Waals surface area contributed by atoms with E-state index in [0.29, 0.717) is 5.92 Å². The van der Waals surface area contributed by atoms with Gasteiger partial charge >= 0.3 is 5.97 Å². The molecule has 2 rings (SSSR count). The van der Waals surface area contributed by atoms with Gasteiger partial charge in [0.05, 0.1) is 16.6 Å². The lowest BCUT2D eigenvalue weighted by Gasteiger charge is -2.08. The fraction of sp³-hybridized carbons (Fsp3) is 0.429. The molecule has 2 aromatic rings. The summed E-state index contributed by atoms with van der Waals surface area (Å²) in [6.45, 7) is 7.27. The van der Waals surface area contributed by atoms with Crippen molar-refractivity contribution in [1.29, 1.82) is 0 Å². The largest absolute Gasteiger partial charge is 0.478 e. The number of aryl methyl sites for hydroxylation is 2. The number of carboxylic acids is 1. The first-order chi connectivity index (χ1) is 8.49. The number of hydrogen-bond donors (Lipinski definition) is 1. The van der Waals surface area contributed by atoms with Gasteiger partial charge in [-0.3, -0.25) is 0 Å². The molecule has 0 atom stereocenters. The minimum Gasteiger partial charge on any atom is -0.478 e. The van der Waals surface area contributed by atoms with Crippen molar-refractivity contribution in [3.8, 4) is 0 Å². The van der Waals surface area contributed by atoms with E-state index in [2.05, 4.69) is 23.4 Å². The van der Waals surface area contributed by atoms with Crippen LogP contribution in [0.25, 0.3) is 11.0 Å². The third kappa shape index (κ3) is 2.37. The predicted octanol–water partition coefficient (Wildman–Crippen LogP) is 3.09. The van der Waals surface area contributed by atoms with Crippen LogP contribution in [-0.2, 0) is 6.54 Å². The van der Waals surface area contributed by atoms with Crippen LogP contribution in [0.2, 0.25) is 0 Å². The Labute approximate surface area is 106 Å². The van der Waals surface area contributed by atoms with Crippen LogP contribution in [0, 0.1) is 12.8 Å². The number of carboxylic acid groups (broad SMARTS) is 1. The third-order valence-corrected chi connectivity index (χ3v) is 3.12. The summed E-state index contributed by atoms with van der Waals surface area (Å²) in [7, 11) is 0. The molecular weight excluding hydrogens is 228 g/mol. The van der Waals surface area contributed by atoms with Crippen LogP contribution in [0.4, 0.5) is 0 Å². The second-order valence-corrected chi connectivity index (χ2v) is 5.00. The van der Waals surface area contributed by atoms with Gasteiger partial charge in [-0.15, -0.1) is 0 Å². The van der Waals surface area contributed by atoms with Crippen molar-refractivity contribution in [1.82, 2.24) is 9.55 Å². The van der Waals surface area contributed by atoms with E-state index in [-0.39, 0.29) is 5.56 Å². The highest BCUT2D eigenvalue weighted by atomic mass is 16.4. The van der Waals surface area contributed by atoms with E-state index in [0.717, 1.165) is 29.8 Å². The van der Waals surface area contributed by atoms with Crippen LogP contribution in [0.1, 0.15) is 36.5 Å². The van der Waals surface area contributed by atoms with Crippen LogP contribution in [0.15, 0.2) is 18.2 Å². The number of imidazole rings is 1. The van der Waals surface area contributed by atoms with E-state index in [4.69, 9.17) is 5.11 Å². The molecule has 0 bridgehead atoms. The van der Waals surface area contributed by atoms with E-state index in [1.165, 1.54) is 0 Å². The average molecular weight is 246 g/mol. The van der Waals surface area contributed by atoms with E-state index in [9.17, 15) is 4.79 Å². The standard InChI is InChI=1S/C14H18N2O2/c1-9(2)6-7-16-10(3)15-12-8-11(14(17)18)4-5-13(12)16/h4-5,8-9H,6-7H2,1-3H3,(H,17,18). The van der Waals surface area contributed by atoms with Gasteiger partial charge in [-0.25, -0.2) is 9.78 Å². The molecule has 0 spiro atoms. The first kappa shape index (κ1) is 12.6. The number of aromatic nitrogens is 2. The first-order valence-electron chi connectivity index (χ1n) is 6.19. The number of nitrogens with zero attached hydrogens (tertiary/aromatic N) is 2. The summed E-state index contributed by atoms with van der Waals surface area (Å²) >= 11 is 0. The van der Waals surface area contributed by atoms with Crippen LogP contribution in [0.5, 0.6) is 0 Å². The second kappa shape index (κ2) is 4.80. The molecule has 0 unspecified atom stereocenters. The highest BCUT2D eigenvalue weighted by molar-refractivity contribution is 5.92. The van der Waals surface area contributed by atoms with Gasteiger partial charge in [0.15, 0.2) is 0 Å². The lowest BCUT2D eigenvalue weighted by atomic mass is 10.1. The summed E-state index contributed by atoms with van der Waals surface area (Å²) in [6, 6.07) is 5.12. The number of carbonyl (C=O) groups is 1. The molecule has 0 radical (unpaired) electrons.